The first kappa shape index (κ1) is 12.0. The number of halogens is 1. The Balaban J connectivity index is 3.09. The van der Waals surface area contributed by atoms with E-state index < -0.39 is 4.92 Å². The Labute approximate surface area is 95.8 Å². The zero-order valence-corrected chi connectivity index (χ0v) is 9.47. The van der Waals surface area contributed by atoms with Gasteiger partial charge in [0.25, 0.3) is 5.69 Å². The van der Waals surface area contributed by atoms with Gasteiger partial charge in [-0.05, 0) is 12.3 Å². The van der Waals surface area contributed by atoms with Gasteiger partial charge in [-0.3, -0.25) is 14.9 Å². The molecule has 0 aliphatic carbocycles. The molecule has 0 saturated heterocycles. The van der Waals surface area contributed by atoms with Gasteiger partial charge in [-0.15, -0.1) is 0 Å². The lowest BCUT2D eigenvalue weighted by Crippen LogP contribution is -2.02. The van der Waals surface area contributed by atoms with E-state index in [1.807, 2.05) is 0 Å². The van der Waals surface area contributed by atoms with E-state index in [-0.39, 0.29) is 27.8 Å². The average Bonchev–Trinajstić information content (AvgIpc) is 2.17. The normalized spacial score (nSPS) is 10.0. The Morgan fingerprint density at radius 1 is 1.53 bits per heavy atom. The monoisotopic (exact) mass is 245 g/mol. The molecule has 0 amide bonds. The van der Waals surface area contributed by atoms with E-state index in [0.717, 1.165) is 0 Å². The van der Waals surface area contributed by atoms with Crippen LogP contribution in [0, 0.1) is 10.1 Å². The number of thioether (sulfide) groups is 1. The molecule has 0 heterocycles. The highest BCUT2D eigenvalue weighted by Crippen LogP contribution is 2.21. The molecule has 0 aromatic heterocycles. The highest BCUT2D eigenvalue weighted by Gasteiger charge is 2.13. The molecule has 4 nitrogen and oxygen atoms in total. The van der Waals surface area contributed by atoms with Crippen LogP contribution in [-0.2, 0) is 0 Å². The second-order valence-corrected chi connectivity index (χ2v) is 4.11. The zero-order chi connectivity index (χ0) is 11.4. The van der Waals surface area contributed by atoms with Crippen LogP contribution in [0.25, 0.3) is 0 Å². The van der Waals surface area contributed by atoms with Gasteiger partial charge in [0.05, 0.1) is 10.7 Å². The second kappa shape index (κ2) is 5.14. The van der Waals surface area contributed by atoms with Crippen LogP contribution in [0.2, 0.25) is 5.02 Å². The summed E-state index contributed by atoms with van der Waals surface area (Å²) in [7, 11) is 0. The molecule has 1 aromatic rings. The number of benzene rings is 1. The predicted octanol–water partition coefficient (Wildman–Crippen LogP) is 2.79. The van der Waals surface area contributed by atoms with Crippen molar-refractivity contribution in [3.05, 3.63) is 38.9 Å². The Kier molecular flexibility index (Phi) is 4.11. The summed E-state index contributed by atoms with van der Waals surface area (Å²) in [5.74, 6) is 0.130. The Morgan fingerprint density at radius 2 is 2.20 bits per heavy atom. The molecular weight excluding hydrogens is 238 g/mol. The third-order valence-electron chi connectivity index (χ3n) is 1.69. The van der Waals surface area contributed by atoms with Crippen LogP contribution >= 0.6 is 23.4 Å². The first-order chi connectivity index (χ1) is 7.04. The average molecular weight is 246 g/mol. The van der Waals surface area contributed by atoms with Crippen LogP contribution in [0.15, 0.2) is 18.2 Å². The summed E-state index contributed by atoms with van der Waals surface area (Å²) in [6.45, 7) is 0. The Hall–Kier alpha value is -1.07. The van der Waals surface area contributed by atoms with Gasteiger partial charge in [0, 0.05) is 22.7 Å². The van der Waals surface area contributed by atoms with Gasteiger partial charge in [0.1, 0.15) is 0 Å². The molecule has 6 heteroatoms. The molecule has 0 bridgehead atoms. The quantitative estimate of drug-likeness (QED) is 0.465. The van der Waals surface area contributed by atoms with E-state index in [9.17, 15) is 14.9 Å². The molecule has 0 aliphatic rings. The van der Waals surface area contributed by atoms with Crippen LogP contribution in [0.1, 0.15) is 10.4 Å². The fourth-order valence-electron chi connectivity index (χ4n) is 1.05. The minimum absolute atomic E-state index is 0.159. The van der Waals surface area contributed by atoms with E-state index in [1.54, 1.807) is 6.26 Å². The van der Waals surface area contributed by atoms with E-state index in [0.29, 0.717) is 0 Å². The van der Waals surface area contributed by atoms with Gasteiger partial charge >= 0.3 is 0 Å². The Bertz CT molecular complexity index is 408. The van der Waals surface area contributed by atoms with E-state index >= 15 is 0 Å². The maximum Gasteiger partial charge on any atom is 0.271 e. The number of carbonyl (C=O) groups is 1. The standard InChI is InChI=1S/C9H8ClNO3S/c1-15-5-9(12)6-2-7(10)4-8(3-6)11(13)14/h2-4H,5H2,1H3. The maximum absolute atomic E-state index is 11.5. The molecule has 0 radical (unpaired) electrons. The van der Waals surface area contributed by atoms with Crippen molar-refractivity contribution < 1.29 is 9.72 Å². The van der Waals surface area contributed by atoms with E-state index in [2.05, 4.69) is 0 Å². The number of non-ortho nitro benzene ring substituents is 1. The van der Waals surface area contributed by atoms with Gasteiger partial charge in [0.2, 0.25) is 0 Å². The van der Waals surface area contributed by atoms with Crippen molar-refractivity contribution in [2.24, 2.45) is 0 Å². The minimum Gasteiger partial charge on any atom is -0.293 e. The number of nitrogens with zero attached hydrogens (tertiary/aromatic N) is 1. The molecule has 0 atom stereocenters. The molecule has 0 aliphatic heterocycles. The lowest BCUT2D eigenvalue weighted by Gasteiger charge is -2.00. The fraction of sp³-hybridized carbons (Fsp3) is 0.222. The van der Waals surface area contributed by atoms with Crippen molar-refractivity contribution in [1.29, 1.82) is 0 Å². The third-order valence-corrected chi connectivity index (χ3v) is 2.46. The van der Waals surface area contributed by atoms with Crippen molar-refractivity contribution in [3.8, 4) is 0 Å². The lowest BCUT2D eigenvalue weighted by molar-refractivity contribution is -0.384. The zero-order valence-electron chi connectivity index (χ0n) is 7.90. The van der Waals surface area contributed by atoms with Crippen molar-refractivity contribution >= 4 is 34.8 Å². The molecule has 0 unspecified atom stereocenters. The van der Waals surface area contributed by atoms with Gasteiger partial charge in [0.15, 0.2) is 5.78 Å². The van der Waals surface area contributed by atoms with Crippen LogP contribution in [-0.4, -0.2) is 22.7 Å². The van der Waals surface area contributed by atoms with Crippen molar-refractivity contribution in [2.45, 2.75) is 0 Å². The van der Waals surface area contributed by atoms with Gasteiger partial charge in [-0.1, -0.05) is 11.6 Å². The molecule has 1 rings (SSSR count). The fourth-order valence-corrected chi connectivity index (χ4v) is 1.71. The van der Waals surface area contributed by atoms with Crippen LogP contribution < -0.4 is 0 Å². The van der Waals surface area contributed by atoms with Crippen LogP contribution in [0.5, 0.6) is 0 Å². The van der Waals surface area contributed by atoms with Crippen LogP contribution in [0.4, 0.5) is 5.69 Å². The molecule has 80 valence electrons. The molecule has 0 fully saturated rings. The summed E-state index contributed by atoms with van der Waals surface area (Å²) in [4.78, 5) is 21.4. The summed E-state index contributed by atoms with van der Waals surface area (Å²) >= 11 is 7.04. The van der Waals surface area contributed by atoms with E-state index in [4.69, 9.17) is 11.6 Å². The number of Topliss-reactive ketones (excluding diaryl/α,β-unsaturated/α-hetero) is 1. The van der Waals surface area contributed by atoms with Crippen molar-refractivity contribution in [1.82, 2.24) is 0 Å². The first-order valence-corrected chi connectivity index (χ1v) is 5.79. The van der Waals surface area contributed by atoms with Crippen molar-refractivity contribution in [2.75, 3.05) is 12.0 Å². The summed E-state index contributed by atoms with van der Waals surface area (Å²) in [6.07, 6.45) is 1.79. The summed E-state index contributed by atoms with van der Waals surface area (Å²) < 4.78 is 0. The molecule has 0 N–H and O–H groups in total. The molecule has 15 heavy (non-hydrogen) atoms. The summed E-state index contributed by atoms with van der Waals surface area (Å²) in [5, 5.41) is 10.7. The molecule has 1 aromatic carbocycles. The third kappa shape index (κ3) is 3.21. The number of carbonyl (C=O) groups excluding carboxylic acids is 1. The topological polar surface area (TPSA) is 60.2 Å². The minimum atomic E-state index is -0.568. The number of hydrogen-bond acceptors (Lipinski definition) is 4. The van der Waals surface area contributed by atoms with Crippen LogP contribution in [0.3, 0.4) is 0 Å². The summed E-state index contributed by atoms with van der Waals surface area (Å²) in [5.41, 5.74) is 0.121. The van der Waals surface area contributed by atoms with Gasteiger partial charge in [-0.2, -0.15) is 11.8 Å². The van der Waals surface area contributed by atoms with Gasteiger partial charge < -0.3 is 0 Å². The largest absolute Gasteiger partial charge is 0.293 e. The van der Waals surface area contributed by atoms with Gasteiger partial charge in [-0.25, -0.2) is 0 Å². The number of hydrogen-bond donors (Lipinski definition) is 0. The number of nitro groups is 1. The van der Waals surface area contributed by atoms with E-state index in [1.165, 1.54) is 30.0 Å². The Morgan fingerprint density at radius 3 is 2.73 bits per heavy atom. The first-order valence-electron chi connectivity index (χ1n) is 4.01. The molecule has 0 saturated carbocycles. The highest BCUT2D eigenvalue weighted by atomic mass is 35.5. The molecular formula is C9H8ClNO3S. The maximum atomic E-state index is 11.5. The molecule has 0 spiro atoms. The predicted molar refractivity (Wildman–Crippen MR) is 60.8 cm³/mol. The smallest absolute Gasteiger partial charge is 0.271 e. The van der Waals surface area contributed by atoms with Crippen molar-refractivity contribution in [3.63, 3.8) is 0 Å². The number of ketones is 1. The second-order valence-electron chi connectivity index (χ2n) is 2.81. The number of rotatable bonds is 4. The SMILES string of the molecule is CSCC(=O)c1cc(Cl)cc([N+](=O)[O-])c1. The lowest BCUT2D eigenvalue weighted by atomic mass is 10.1. The summed E-state index contributed by atoms with van der Waals surface area (Å²) in [6, 6.07) is 3.90. The number of nitro benzene ring substituents is 1. The highest BCUT2D eigenvalue weighted by molar-refractivity contribution is 7.99.